The first-order valence-electron chi connectivity index (χ1n) is 5.36. The maximum atomic E-state index is 13.1. The molecule has 0 aliphatic rings. The number of hydrogen-bond acceptors (Lipinski definition) is 2. The van der Waals surface area contributed by atoms with Crippen molar-refractivity contribution < 1.29 is 4.39 Å². The summed E-state index contributed by atoms with van der Waals surface area (Å²) in [6, 6.07) is 4.78. The lowest BCUT2D eigenvalue weighted by atomic mass is 10.2. The molecule has 0 aliphatic heterocycles. The van der Waals surface area contributed by atoms with E-state index in [0.29, 0.717) is 16.2 Å². The molecule has 2 rings (SSSR count). The molecule has 1 aromatic carbocycles. The Bertz CT molecular complexity index is 583. The molecule has 1 N–H and O–H groups in total. The van der Waals surface area contributed by atoms with Gasteiger partial charge in [0.2, 0.25) is 0 Å². The third kappa shape index (κ3) is 2.67. The molecule has 96 valence electrons. The maximum Gasteiger partial charge on any atom is 0.137 e. The van der Waals surface area contributed by atoms with Crippen LogP contribution in [0.1, 0.15) is 11.3 Å². The molecular formula is C12H12BrClFN3. The molecule has 6 heteroatoms. The lowest BCUT2D eigenvalue weighted by molar-refractivity contribution is 0.621. The second kappa shape index (κ2) is 5.28. The Morgan fingerprint density at radius 2 is 2.22 bits per heavy atom. The molecule has 0 saturated carbocycles. The number of nitrogens with one attached hydrogen (secondary N) is 1. The van der Waals surface area contributed by atoms with Crippen LogP contribution in [0.15, 0.2) is 22.7 Å². The number of nitrogens with zero attached hydrogens (tertiary/aromatic N) is 2. The lowest BCUT2D eigenvalue weighted by Gasteiger charge is -2.07. The molecular weight excluding hydrogens is 321 g/mol. The van der Waals surface area contributed by atoms with Crippen molar-refractivity contribution in [2.24, 2.45) is 7.05 Å². The fourth-order valence-corrected chi connectivity index (χ4v) is 2.29. The second-order valence-corrected chi connectivity index (χ2v) is 5.17. The van der Waals surface area contributed by atoms with Gasteiger partial charge in [-0.3, -0.25) is 4.68 Å². The minimum absolute atomic E-state index is 0.281. The summed E-state index contributed by atoms with van der Waals surface area (Å²) in [6.45, 7) is 2.46. The maximum absolute atomic E-state index is 13.1. The van der Waals surface area contributed by atoms with Gasteiger partial charge in [0.05, 0.1) is 10.2 Å². The molecule has 0 amide bonds. The summed E-state index contributed by atoms with van der Waals surface area (Å²) in [5.74, 6) is -0.281. The van der Waals surface area contributed by atoms with Crippen molar-refractivity contribution in [1.82, 2.24) is 9.78 Å². The van der Waals surface area contributed by atoms with Gasteiger partial charge in [0.1, 0.15) is 11.0 Å². The molecule has 0 fully saturated rings. The van der Waals surface area contributed by atoms with E-state index in [4.69, 9.17) is 11.6 Å². The van der Waals surface area contributed by atoms with Crippen LogP contribution in [-0.2, 0) is 13.6 Å². The molecule has 0 radical (unpaired) electrons. The fraction of sp³-hybridized carbons (Fsp3) is 0.250. The summed E-state index contributed by atoms with van der Waals surface area (Å²) in [6.07, 6.45) is 0. The monoisotopic (exact) mass is 331 g/mol. The zero-order valence-electron chi connectivity index (χ0n) is 9.97. The Balaban J connectivity index is 2.14. The summed E-state index contributed by atoms with van der Waals surface area (Å²) < 4.78 is 15.1. The van der Waals surface area contributed by atoms with Crippen molar-refractivity contribution >= 4 is 33.2 Å². The summed E-state index contributed by atoms with van der Waals surface area (Å²) >= 11 is 9.28. The standard InChI is InChI=1S/C12H12BrClFN3/c1-7-9(12(14)18(2)17-7)6-16-8-3-4-11(15)10(13)5-8/h3-5,16H,6H2,1-2H3. The molecule has 0 bridgehead atoms. The molecule has 0 saturated heterocycles. The number of hydrogen-bond donors (Lipinski definition) is 1. The molecule has 1 heterocycles. The van der Waals surface area contributed by atoms with Crippen LogP contribution in [-0.4, -0.2) is 9.78 Å². The number of aromatic nitrogens is 2. The summed E-state index contributed by atoms with van der Waals surface area (Å²) in [4.78, 5) is 0. The molecule has 0 aliphatic carbocycles. The fourth-order valence-electron chi connectivity index (χ4n) is 1.67. The van der Waals surface area contributed by atoms with Gasteiger partial charge in [0.25, 0.3) is 0 Å². The Morgan fingerprint density at radius 1 is 1.50 bits per heavy atom. The van der Waals surface area contributed by atoms with Gasteiger partial charge in [0.15, 0.2) is 0 Å². The van der Waals surface area contributed by atoms with Crippen LogP contribution in [0.2, 0.25) is 5.15 Å². The zero-order chi connectivity index (χ0) is 13.3. The predicted molar refractivity (Wildman–Crippen MR) is 74.4 cm³/mol. The van der Waals surface area contributed by atoms with Crippen molar-refractivity contribution in [3.8, 4) is 0 Å². The van der Waals surface area contributed by atoms with Gasteiger partial charge in [-0.15, -0.1) is 0 Å². The molecule has 1 aromatic heterocycles. The van der Waals surface area contributed by atoms with Gasteiger partial charge in [-0.05, 0) is 41.1 Å². The highest BCUT2D eigenvalue weighted by molar-refractivity contribution is 9.10. The van der Waals surface area contributed by atoms with Crippen molar-refractivity contribution in [2.75, 3.05) is 5.32 Å². The quantitative estimate of drug-likeness (QED) is 0.924. The van der Waals surface area contributed by atoms with Crippen molar-refractivity contribution in [3.05, 3.63) is 44.9 Å². The minimum atomic E-state index is -0.281. The zero-order valence-corrected chi connectivity index (χ0v) is 12.3. The lowest BCUT2D eigenvalue weighted by Crippen LogP contribution is -2.01. The van der Waals surface area contributed by atoms with E-state index in [1.807, 2.05) is 6.92 Å². The highest BCUT2D eigenvalue weighted by atomic mass is 79.9. The SMILES string of the molecule is Cc1nn(C)c(Cl)c1CNc1ccc(F)c(Br)c1. The molecule has 0 unspecified atom stereocenters. The highest BCUT2D eigenvalue weighted by Gasteiger charge is 2.10. The van der Waals surface area contributed by atoms with E-state index >= 15 is 0 Å². The Hall–Kier alpha value is -1.07. The van der Waals surface area contributed by atoms with Gasteiger partial charge in [-0.1, -0.05) is 11.6 Å². The van der Waals surface area contributed by atoms with Crippen LogP contribution in [0.4, 0.5) is 10.1 Å². The summed E-state index contributed by atoms with van der Waals surface area (Å²) in [5.41, 5.74) is 2.65. The van der Waals surface area contributed by atoms with E-state index in [1.54, 1.807) is 23.9 Å². The molecule has 0 atom stereocenters. The largest absolute Gasteiger partial charge is 0.381 e. The molecule has 0 spiro atoms. The van der Waals surface area contributed by atoms with Gasteiger partial charge < -0.3 is 5.32 Å². The summed E-state index contributed by atoms with van der Waals surface area (Å²) in [5, 5.41) is 8.03. The average Bonchev–Trinajstić information content (AvgIpc) is 2.56. The van der Waals surface area contributed by atoms with Crippen LogP contribution in [0.25, 0.3) is 0 Å². The van der Waals surface area contributed by atoms with E-state index in [2.05, 4.69) is 26.3 Å². The van der Waals surface area contributed by atoms with Crippen LogP contribution < -0.4 is 5.32 Å². The van der Waals surface area contributed by atoms with Crippen molar-refractivity contribution in [2.45, 2.75) is 13.5 Å². The third-order valence-corrected chi connectivity index (χ3v) is 3.74. The topological polar surface area (TPSA) is 29.9 Å². The average molecular weight is 333 g/mol. The predicted octanol–water partition coefficient (Wildman–Crippen LogP) is 3.90. The molecule has 18 heavy (non-hydrogen) atoms. The Labute approximate surface area is 118 Å². The number of aryl methyl sites for hydroxylation is 2. The highest BCUT2D eigenvalue weighted by Crippen LogP contribution is 2.23. The number of anilines is 1. The van der Waals surface area contributed by atoms with Crippen molar-refractivity contribution in [3.63, 3.8) is 0 Å². The van der Waals surface area contributed by atoms with E-state index in [0.717, 1.165) is 16.9 Å². The van der Waals surface area contributed by atoms with Crippen LogP contribution in [0.5, 0.6) is 0 Å². The first-order chi connectivity index (χ1) is 8.49. The number of benzene rings is 1. The van der Waals surface area contributed by atoms with Gasteiger partial charge in [-0.2, -0.15) is 5.10 Å². The van der Waals surface area contributed by atoms with Crippen LogP contribution in [0.3, 0.4) is 0 Å². The normalized spacial score (nSPS) is 10.7. The number of rotatable bonds is 3. The smallest absolute Gasteiger partial charge is 0.137 e. The van der Waals surface area contributed by atoms with Gasteiger partial charge in [-0.25, -0.2) is 4.39 Å². The van der Waals surface area contributed by atoms with Crippen LogP contribution in [0, 0.1) is 12.7 Å². The Kier molecular flexibility index (Phi) is 3.92. The molecule has 3 nitrogen and oxygen atoms in total. The summed E-state index contributed by atoms with van der Waals surface area (Å²) in [7, 11) is 1.80. The first-order valence-corrected chi connectivity index (χ1v) is 6.53. The third-order valence-electron chi connectivity index (χ3n) is 2.66. The van der Waals surface area contributed by atoms with E-state index < -0.39 is 0 Å². The van der Waals surface area contributed by atoms with Gasteiger partial charge in [0, 0.05) is 24.8 Å². The van der Waals surface area contributed by atoms with E-state index in [1.165, 1.54) is 6.07 Å². The van der Waals surface area contributed by atoms with E-state index in [-0.39, 0.29) is 5.82 Å². The Morgan fingerprint density at radius 3 is 2.78 bits per heavy atom. The molecule has 2 aromatic rings. The first kappa shape index (κ1) is 13.4. The van der Waals surface area contributed by atoms with Gasteiger partial charge >= 0.3 is 0 Å². The number of halogens is 3. The van der Waals surface area contributed by atoms with E-state index in [9.17, 15) is 4.39 Å². The van der Waals surface area contributed by atoms with Crippen molar-refractivity contribution in [1.29, 1.82) is 0 Å². The second-order valence-electron chi connectivity index (χ2n) is 3.96. The minimum Gasteiger partial charge on any atom is -0.381 e. The van der Waals surface area contributed by atoms with Crippen LogP contribution >= 0.6 is 27.5 Å².